The number of nitrogens with one attached hydrogen (secondary N) is 1. The quantitative estimate of drug-likeness (QED) is 0.599. The predicted octanol–water partition coefficient (Wildman–Crippen LogP) is 4.42. The molecule has 0 aromatic carbocycles. The van der Waals surface area contributed by atoms with Crippen LogP contribution in [0.1, 0.15) is 46.5 Å². The summed E-state index contributed by atoms with van der Waals surface area (Å²) in [6.45, 7) is 7.31. The van der Waals surface area contributed by atoms with E-state index in [-0.39, 0.29) is 11.8 Å². The molecule has 0 spiro atoms. The Morgan fingerprint density at radius 3 is 2.68 bits per heavy atom. The summed E-state index contributed by atoms with van der Waals surface area (Å²) in [6.07, 6.45) is 7.23. The number of thiazole rings is 1. The minimum absolute atomic E-state index is 0.0283. The highest BCUT2D eigenvalue weighted by atomic mass is 32.1. The molecule has 1 atom stereocenters. The Hall–Kier alpha value is -3.13. The molecule has 7 nitrogen and oxygen atoms in total. The fourth-order valence-corrected chi connectivity index (χ4v) is 4.35. The van der Waals surface area contributed by atoms with Crippen molar-refractivity contribution in [3.63, 3.8) is 0 Å². The van der Waals surface area contributed by atoms with Crippen molar-refractivity contribution >= 4 is 35.0 Å². The number of rotatable bonds is 5. The maximum Gasteiger partial charge on any atom is 0.246 e. The van der Waals surface area contributed by atoms with Crippen LogP contribution in [-0.4, -0.2) is 43.8 Å². The van der Waals surface area contributed by atoms with Crippen LogP contribution in [0.15, 0.2) is 35.9 Å². The zero-order valence-electron chi connectivity index (χ0n) is 18.0. The summed E-state index contributed by atoms with van der Waals surface area (Å²) in [4.78, 5) is 32.4. The molecule has 1 aliphatic heterocycles. The minimum atomic E-state index is 0.0283. The van der Waals surface area contributed by atoms with Gasteiger partial charge in [-0.05, 0) is 57.9 Å². The molecule has 0 bridgehead atoms. The standard InChI is InChI=1S/C23H26N6OS/c1-15-11-16(2)26-23(25-15)28-19-6-8-21(24-12-19)18-5-4-10-29(13-18)22(30)9-7-20-14-31-17(3)27-20/h6-9,11-12,14,18H,4-5,10,13H2,1-3H3,(H,25,26,28)/b9-7+/t18-/m1/s1. The molecule has 31 heavy (non-hydrogen) atoms. The van der Waals surface area contributed by atoms with Gasteiger partial charge in [0.2, 0.25) is 11.9 Å². The molecule has 3 aromatic heterocycles. The smallest absolute Gasteiger partial charge is 0.246 e. The normalized spacial score (nSPS) is 16.6. The first-order valence-electron chi connectivity index (χ1n) is 10.4. The number of pyridine rings is 1. The van der Waals surface area contributed by atoms with E-state index in [1.807, 2.05) is 55.4 Å². The maximum absolute atomic E-state index is 12.6. The lowest BCUT2D eigenvalue weighted by molar-refractivity contribution is -0.127. The van der Waals surface area contributed by atoms with Crippen molar-refractivity contribution in [3.8, 4) is 0 Å². The molecule has 3 aromatic rings. The first-order valence-corrected chi connectivity index (χ1v) is 11.3. The molecule has 4 heterocycles. The molecule has 1 N–H and O–H groups in total. The van der Waals surface area contributed by atoms with Crippen molar-refractivity contribution in [1.29, 1.82) is 0 Å². The van der Waals surface area contributed by atoms with Crippen LogP contribution in [0.2, 0.25) is 0 Å². The van der Waals surface area contributed by atoms with E-state index in [9.17, 15) is 4.79 Å². The molecule has 0 aliphatic carbocycles. The number of carbonyl (C=O) groups is 1. The van der Waals surface area contributed by atoms with Gasteiger partial charge < -0.3 is 10.2 Å². The first kappa shape index (κ1) is 21.1. The van der Waals surface area contributed by atoms with E-state index < -0.39 is 0 Å². The van der Waals surface area contributed by atoms with Crippen LogP contribution in [0, 0.1) is 20.8 Å². The highest BCUT2D eigenvalue weighted by Gasteiger charge is 2.24. The van der Waals surface area contributed by atoms with Gasteiger partial charge in [-0.1, -0.05) is 0 Å². The largest absolute Gasteiger partial charge is 0.338 e. The number of nitrogens with zero attached hydrogens (tertiary/aromatic N) is 5. The van der Waals surface area contributed by atoms with Crippen LogP contribution in [-0.2, 0) is 4.79 Å². The van der Waals surface area contributed by atoms with Crippen LogP contribution >= 0.6 is 11.3 Å². The van der Waals surface area contributed by atoms with Crippen LogP contribution in [0.4, 0.5) is 11.6 Å². The van der Waals surface area contributed by atoms with Gasteiger partial charge in [-0.2, -0.15) is 0 Å². The summed E-state index contributed by atoms with van der Waals surface area (Å²) in [6, 6.07) is 5.96. The van der Waals surface area contributed by atoms with Gasteiger partial charge in [-0.25, -0.2) is 15.0 Å². The van der Waals surface area contributed by atoms with E-state index in [0.717, 1.165) is 52.9 Å². The fourth-order valence-electron chi connectivity index (χ4n) is 3.77. The minimum Gasteiger partial charge on any atom is -0.338 e. The Kier molecular flexibility index (Phi) is 6.36. The Morgan fingerprint density at radius 1 is 1.19 bits per heavy atom. The van der Waals surface area contributed by atoms with Gasteiger partial charge in [0.05, 0.1) is 22.6 Å². The number of carbonyl (C=O) groups excluding carboxylic acids is 1. The lowest BCUT2D eigenvalue weighted by Gasteiger charge is -2.31. The van der Waals surface area contributed by atoms with Crippen molar-refractivity contribution in [1.82, 2.24) is 24.8 Å². The summed E-state index contributed by atoms with van der Waals surface area (Å²) < 4.78 is 0. The highest BCUT2D eigenvalue weighted by molar-refractivity contribution is 7.09. The van der Waals surface area contributed by atoms with E-state index in [1.54, 1.807) is 23.5 Å². The molecule has 0 unspecified atom stereocenters. The average molecular weight is 435 g/mol. The number of amides is 1. The molecule has 8 heteroatoms. The first-order chi connectivity index (χ1) is 15.0. The number of hydrogen-bond donors (Lipinski definition) is 1. The fraction of sp³-hybridized carbons (Fsp3) is 0.348. The molecule has 0 radical (unpaired) electrons. The molecule has 1 aliphatic rings. The Morgan fingerprint density at radius 2 is 2.00 bits per heavy atom. The number of aryl methyl sites for hydroxylation is 3. The zero-order chi connectivity index (χ0) is 21.8. The Labute approximate surface area is 186 Å². The van der Waals surface area contributed by atoms with E-state index in [2.05, 4.69) is 25.3 Å². The van der Waals surface area contributed by atoms with Gasteiger partial charge in [-0.15, -0.1) is 11.3 Å². The molecule has 4 rings (SSSR count). The monoisotopic (exact) mass is 434 g/mol. The topological polar surface area (TPSA) is 83.9 Å². The number of hydrogen-bond acceptors (Lipinski definition) is 7. The van der Waals surface area contributed by atoms with Crippen molar-refractivity contribution in [2.45, 2.75) is 39.5 Å². The van der Waals surface area contributed by atoms with E-state index in [4.69, 9.17) is 0 Å². The number of aromatic nitrogens is 4. The summed E-state index contributed by atoms with van der Waals surface area (Å²) in [5.74, 6) is 0.836. The summed E-state index contributed by atoms with van der Waals surface area (Å²) in [5, 5.41) is 6.17. The van der Waals surface area contributed by atoms with Gasteiger partial charge in [0.1, 0.15) is 0 Å². The predicted molar refractivity (Wildman–Crippen MR) is 123 cm³/mol. The summed E-state index contributed by atoms with van der Waals surface area (Å²) in [5.41, 5.74) is 4.53. The van der Waals surface area contributed by atoms with Crippen molar-refractivity contribution in [3.05, 3.63) is 63.6 Å². The van der Waals surface area contributed by atoms with Crippen LogP contribution in [0.25, 0.3) is 6.08 Å². The average Bonchev–Trinajstić information content (AvgIpc) is 3.17. The van der Waals surface area contributed by atoms with E-state index in [0.29, 0.717) is 12.5 Å². The molecule has 160 valence electrons. The Balaban J connectivity index is 1.38. The highest BCUT2D eigenvalue weighted by Crippen LogP contribution is 2.27. The van der Waals surface area contributed by atoms with Crippen molar-refractivity contribution in [2.75, 3.05) is 18.4 Å². The van der Waals surface area contributed by atoms with Crippen LogP contribution in [0.5, 0.6) is 0 Å². The van der Waals surface area contributed by atoms with Gasteiger partial charge in [0.25, 0.3) is 0 Å². The lowest BCUT2D eigenvalue weighted by atomic mass is 9.94. The molecule has 0 saturated carbocycles. The second kappa shape index (κ2) is 9.34. The summed E-state index contributed by atoms with van der Waals surface area (Å²) >= 11 is 1.58. The molecular formula is C23H26N6OS. The number of anilines is 2. The van der Waals surface area contributed by atoms with Gasteiger partial charge in [-0.3, -0.25) is 9.78 Å². The number of piperidine rings is 1. The zero-order valence-corrected chi connectivity index (χ0v) is 18.8. The van der Waals surface area contributed by atoms with Gasteiger partial charge in [0.15, 0.2) is 0 Å². The molecule has 1 amide bonds. The molecular weight excluding hydrogens is 408 g/mol. The van der Waals surface area contributed by atoms with Gasteiger partial charge in [0, 0.05) is 47.5 Å². The molecule has 1 saturated heterocycles. The van der Waals surface area contributed by atoms with Crippen molar-refractivity contribution < 1.29 is 4.79 Å². The molecule has 1 fully saturated rings. The van der Waals surface area contributed by atoms with Gasteiger partial charge >= 0.3 is 0 Å². The third-order valence-electron chi connectivity index (χ3n) is 5.21. The second-order valence-electron chi connectivity index (χ2n) is 7.82. The number of likely N-dealkylation sites (tertiary alicyclic amines) is 1. The summed E-state index contributed by atoms with van der Waals surface area (Å²) in [7, 11) is 0. The van der Waals surface area contributed by atoms with Crippen LogP contribution < -0.4 is 5.32 Å². The lowest BCUT2D eigenvalue weighted by Crippen LogP contribution is -2.38. The third-order valence-corrected chi connectivity index (χ3v) is 6.00. The third kappa shape index (κ3) is 5.52. The second-order valence-corrected chi connectivity index (χ2v) is 8.88. The Bertz CT molecular complexity index is 1070. The maximum atomic E-state index is 12.6. The van der Waals surface area contributed by atoms with E-state index >= 15 is 0 Å². The van der Waals surface area contributed by atoms with Crippen LogP contribution in [0.3, 0.4) is 0 Å². The van der Waals surface area contributed by atoms with E-state index in [1.165, 1.54) is 0 Å². The van der Waals surface area contributed by atoms with Crippen molar-refractivity contribution in [2.24, 2.45) is 0 Å². The SMILES string of the molecule is Cc1cc(C)nc(Nc2ccc([C@@H]3CCCN(C(=O)/C=C/c4csc(C)n4)C3)nc2)n1.